The third-order valence-corrected chi connectivity index (χ3v) is 3.76. The molecule has 1 atom stereocenters. The Balaban J connectivity index is 2.03. The molecule has 0 bridgehead atoms. The van der Waals surface area contributed by atoms with Crippen molar-refractivity contribution in [2.45, 2.75) is 11.1 Å². The maximum atomic E-state index is 13.5. The number of benzene rings is 1. The zero-order valence-electron chi connectivity index (χ0n) is 9.82. The van der Waals surface area contributed by atoms with E-state index in [0.717, 1.165) is 23.2 Å². The molecule has 1 heterocycles. The second-order valence-corrected chi connectivity index (χ2v) is 5.37. The zero-order valence-corrected chi connectivity index (χ0v) is 11.4. The highest BCUT2D eigenvalue weighted by Crippen LogP contribution is 2.24. The van der Waals surface area contributed by atoms with Gasteiger partial charge in [-0.25, -0.2) is 13.8 Å². The fraction of sp³-hybridized carbons (Fsp3) is 0.154. The molecule has 0 saturated carbocycles. The quantitative estimate of drug-likeness (QED) is 0.873. The molecular weight excluding hydrogens is 290 g/mol. The lowest BCUT2D eigenvalue weighted by molar-refractivity contribution is 0.573. The lowest BCUT2D eigenvalue weighted by Gasteiger charge is -2.12. The zero-order chi connectivity index (χ0) is 13.8. The average molecular weight is 301 g/mol. The van der Waals surface area contributed by atoms with Crippen molar-refractivity contribution >= 4 is 23.4 Å². The first-order valence-electron chi connectivity index (χ1n) is 5.51. The normalized spacial score (nSPS) is 12.4. The number of pyridine rings is 1. The minimum atomic E-state index is -0.599. The van der Waals surface area contributed by atoms with Crippen LogP contribution in [0.3, 0.4) is 0 Å². The first kappa shape index (κ1) is 14.2. The van der Waals surface area contributed by atoms with E-state index in [9.17, 15) is 8.78 Å². The van der Waals surface area contributed by atoms with Gasteiger partial charge in [-0.1, -0.05) is 11.6 Å². The van der Waals surface area contributed by atoms with Gasteiger partial charge >= 0.3 is 0 Å². The van der Waals surface area contributed by atoms with Gasteiger partial charge in [0.25, 0.3) is 0 Å². The third-order valence-electron chi connectivity index (χ3n) is 2.47. The number of thioether (sulfide) groups is 1. The number of nitrogens with two attached hydrogens (primary N) is 1. The highest BCUT2D eigenvalue weighted by molar-refractivity contribution is 7.99. The summed E-state index contributed by atoms with van der Waals surface area (Å²) in [5.74, 6) is -0.602. The largest absolute Gasteiger partial charge is 0.323 e. The van der Waals surface area contributed by atoms with Crippen LogP contribution in [0.15, 0.2) is 41.6 Å². The Kier molecular flexibility index (Phi) is 4.74. The van der Waals surface area contributed by atoms with Crippen LogP contribution in [0.5, 0.6) is 0 Å². The number of halogens is 3. The number of rotatable bonds is 4. The topological polar surface area (TPSA) is 38.9 Å². The standard InChI is InChI=1S/C13H11ClF2N2S/c14-8-1-4-13(18-6-8)19-7-12(17)10-5-9(15)2-3-11(10)16/h1-6,12H,7,17H2. The number of aromatic nitrogens is 1. The van der Waals surface area contributed by atoms with Crippen molar-refractivity contribution in [1.82, 2.24) is 4.98 Å². The predicted molar refractivity (Wildman–Crippen MR) is 73.3 cm³/mol. The second-order valence-electron chi connectivity index (χ2n) is 3.90. The first-order chi connectivity index (χ1) is 9.06. The minimum Gasteiger partial charge on any atom is -0.323 e. The molecule has 0 saturated heterocycles. The van der Waals surface area contributed by atoms with Gasteiger partial charge in [0.1, 0.15) is 11.6 Å². The second kappa shape index (κ2) is 6.32. The Labute approximate surface area is 119 Å². The molecule has 2 N–H and O–H groups in total. The number of nitrogens with zero attached hydrogens (tertiary/aromatic N) is 1. The number of hydrogen-bond acceptors (Lipinski definition) is 3. The van der Waals surface area contributed by atoms with Gasteiger partial charge in [0, 0.05) is 23.6 Å². The van der Waals surface area contributed by atoms with Gasteiger partial charge in [0.2, 0.25) is 0 Å². The summed E-state index contributed by atoms with van der Waals surface area (Å²) in [6, 6.07) is 6.14. The summed E-state index contributed by atoms with van der Waals surface area (Å²) in [5, 5.41) is 1.28. The van der Waals surface area contributed by atoms with Crippen LogP contribution in [0.4, 0.5) is 8.78 Å². The molecule has 6 heteroatoms. The molecule has 0 aliphatic heterocycles. The molecule has 0 aliphatic carbocycles. The Morgan fingerprint density at radius 1 is 1.26 bits per heavy atom. The van der Waals surface area contributed by atoms with E-state index in [4.69, 9.17) is 17.3 Å². The van der Waals surface area contributed by atoms with Gasteiger partial charge in [-0.2, -0.15) is 0 Å². The molecule has 0 amide bonds. The van der Waals surface area contributed by atoms with E-state index in [1.807, 2.05) is 0 Å². The Morgan fingerprint density at radius 3 is 2.74 bits per heavy atom. The molecule has 1 aromatic heterocycles. The number of hydrogen-bond donors (Lipinski definition) is 1. The molecule has 1 unspecified atom stereocenters. The molecule has 0 aliphatic rings. The van der Waals surface area contributed by atoms with Gasteiger partial charge in [-0.05, 0) is 30.3 Å². The van der Waals surface area contributed by atoms with E-state index < -0.39 is 17.7 Å². The summed E-state index contributed by atoms with van der Waals surface area (Å²) in [5.41, 5.74) is 6.03. The maximum Gasteiger partial charge on any atom is 0.128 e. The third kappa shape index (κ3) is 3.89. The Hall–Kier alpha value is -1.17. The van der Waals surface area contributed by atoms with Crippen LogP contribution in [0.1, 0.15) is 11.6 Å². The summed E-state index contributed by atoms with van der Waals surface area (Å²) >= 11 is 7.08. The maximum absolute atomic E-state index is 13.5. The first-order valence-corrected chi connectivity index (χ1v) is 6.87. The molecule has 0 spiro atoms. The Morgan fingerprint density at radius 2 is 2.05 bits per heavy atom. The van der Waals surface area contributed by atoms with Crippen molar-refractivity contribution in [3.05, 3.63) is 58.7 Å². The van der Waals surface area contributed by atoms with Crippen LogP contribution in [0.2, 0.25) is 5.02 Å². The van der Waals surface area contributed by atoms with Crippen LogP contribution in [-0.4, -0.2) is 10.7 Å². The van der Waals surface area contributed by atoms with Crippen LogP contribution in [-0.2, 0) is 0 Å². The molecule has 0 fully saturated rings. The van der Waals surface area contributed by atoms with Crippen LogP contribution >= 0.6 is 23.4 Å². The monoisotopic (exact) mass is 300 g/mol. The fourth-order valence-electron chi connectivity index (χ4n) is 1.51. The van der Waals surface area contributed by atoms with E-state index in [1.165, 1.54) is 18.0 Å². The van der Waals surface area contributed by atoms with Crippen LogP contribution < -0.4 is 5.73 Å². The van der Waals surface area contributed by atoms with Crippen LogP contribution in [0, 0.1) is 11.6 Å². The predicted octanol–water partition coefficient (Wildman–Crippen LogP) is 3.81. The lowest BCUT2D eigenvalue weighted by Crippen LogP contribution is -2.15. The van der Waals surface area contributed by atoms with E-state index >= 15 is 0 Å². The van der Waals surface area contributed by atoms with Crippen LogP contribution in [0.25, 0.3) is 0 Å². The van der Waals surface area contributed by atoms with Gasteiger partial charge < -0.3 is 5.73 Å². The van der Waals surface area contributed by atoms with E-state index in [1.54, 1.807) is 12.1 Å². The van der Waals surface area contributed by atoms with Crippen molar-refractivity contribution in [1.29, 1.82) is 0 Å². The lowest BCUT2D eigenvalue weighted by atomic mass is 10.1. The smallest absolute Gasteiger partial charge is 0.128 e. The summed E-state index contributed by atoms with van der Waals surface area (Å²) in [7, 11) is 0. The minimum absolute atomic E-state index is 0.168. The van der Waals surface area contributed by atoms with Gasteiger partial charge in [-0.3, -0.25) is 0 Å². The van der Waals surface area contributed by atoms with E-state index in [2.05, 4.69) is 4.98 Å². The van der Waals surface area contributed by atoms with Gasteiger partial charge in [0.05, 0.1) is 10.0 Å². The van der Waals surface area contributed by atoms with Gasteiger partial charge in [-0.15, -0.1) is 11.8 Å². The molecule has 2 aromatic rings. The summed E-state index contributed by atoms with van der Waals surface area (Å²) in [6.07, 6.45) is 1.53. The van der Waals surface area contributed by atoms with Gasteiger partial charge in [0.15, 0.2) is 0 Å². The van der Waals surface area contributed by atoms with Crippen molar-refractivity contribution in [3.63, 3.8) is 0 Å². The fourth-order valence-corrected chi connectivity index (χ4v) is 2.44. The van der Waals surface area contributed by atoms with Crippen molar-refractivity contribution in [2.24, 2.45) is 5.73 Å². The Bertz CT molecular complexity index is 563. The molecular formula is C13H11ClF2N2S. The molecule has 1 aromatic carbocycles. The van der Waals surface area contributed by atoms with E-state index in [0.29, 0.717) is 10.8 Å². The highest BCUT2D eigenvalue weighted by atomic mass is 35.5. The summed E-state index contributed by atoms with van der Waals surface area (Å²) in [6.45, 7) is 0. The van der Waals surface area contributed by atoms with Crippen molar-refractivity contribution in [2.75, 3.05) is 5.75 Å². The highest BCUT2D eigenvalue weighted by Gasteiger charge is 2.13. The van der Waals surface area contributed by atoms with Crippen molar-refractivity contribution < 1.29 is 8.78 Å². The molecule has 100 valence electrons. The van der Waals surface area contributed by atoms with E-state index in [-0.39, 0.29) is 5.56 Å². The summed E-state index contributed by atoms with van der Waals surface area (Å²) in [4.78, 5) is 4.09. The SMILES string of the molecule is NC(CSc1ccc(Cl)cn1)c1cc(F)ccc1F. The molecule has 2 rings (SSSR count). The van der Waals surface area contributed by atoms with Crippen molar-refractivity contribution in [3.8, 4) is 0 Å². The average Bonchev–Trinajstić information content (AvgIpc) is 2.40. The molecule has 19 heavy (non-hydrogen) atoms. The summed E-state index contributed by atoms with van der Waals surface area (Å²) < 4.78 is 26.6. The molecule has 2 nitrogen and oxygen atoms in total. The molecule has 0 radical (unpaired) electrons.